The van der Waals surface area contributed by atoms with Crippen molar-refractivity contribution in [2.45, 2.75) is 49.6 Å². The number of aliphatic carboxylic acids is 1. The van der Waals surface area contributed by atoms with E-state index in [9.17, 15) is 18.0 Å². The van der Waals surface area contributed by atoms with Crippen LogP contribution in [0.1, 0.15) is 48.0 Å². The molecule has 0 bridgehead atoms. The Morgan fingerprint density at radius 2 is 1.75 bits per heavy atom. The number of rotatable bonds is 3. The van der Waals surface area contributed by atoms with Gasteiger partial charge < -0.3 is 15.7 Å². The molecule has 0 aliphatic carbocycles. The summed E-state index contributed by atoms with van der Waals surface area (Å²) >= 11 is 1.94. The van der Waals surface area contributed by atoms with Crippen LogP contribution in [0.15, 0.2) is 24.3 Å². The van der Waals surface area contributed by atoms with E-state index in [1.165, 1.54) is 18.4 Å². The number of nitrogens with one attached hydrogen (secondary N) is 2. The van der Waals surface area contributed by atoms with Crippen LogP contribution in [0.5, 0.6) is 0 Å². The fraction of sp³-hybridized carbons (Fsp3) is 0.579. The standard InChI is InChI=1S/C17H24N2OS.C2HF3O2/c1-12-10-16(11-21-12)19-17(20)15-4-2-13(3-5-15)14-6-8-18-9-7-14;3-2(4,5)1(6)7/h2-5,12,14,16,18H,6-11H2,1H3,(H,19,20);(H,6,7). The van der Waals surface area contributed by atoms with Crippen molar-refractivity contribution in [1.29, 1.82) is 0 Å². The van der Waals surface area contributed by atoms with Crippen molar-refractivity contribution in [3.05, 3.63) is 35.4 Å². The van der Waals surface area contributed by atoms with Gasteiger partial charge in [-0.1, -0.05) is 19.1 Å². The van der Waals surface area contributed by atoms with Gasteiger partial charge in [0.25, 0.3) is 5.91 Å². The summed E-state index contributed by atoms with van der Waals surface area (Å²) in [5, 5.41) is 14.3. The lowest BCUT2D eigenvalue weighted by Gasteiger charge is -2.23. The lowest BCUT2D eigenvalue weighted by molar-refractivity contribution is -0.192. The molecule has 156 valence electrons. The summed E-state index contributed by atoms with van der Waals surface area (Å²) in [6.45, 7) is 4.43. The number of amides is 1. The van der Waals surface area contributed by atoms with Crippen LogP contribution in [-0.2, 0) is 4.79 Å². The highest BCUT2D eigenvalue weighted by atomic mass is 32.2. The Balaban J connectivity index is 0.000000345. The minimum Gasteiger partial charge on any atom is -0.475 e. The average molecular weight is 418 g/mol. The minimum absolute atomic E-state index is 0.0755. The highest BCUT2D eigenvalue weighted by Crippen LogP contribution is 2.27. The molecule has 2 aliphatic rings. The molecule has 2 aliphatic heterocycles. The van der Waals surface area contributed by atoms with Crippen LogP contribution in [0.4, 0.5) is 13.2 Å². The van der Waals surface area contributed by atoms with Crippen LogP contribution in [0.3, 0.4) is 0 Å². The number of piperidine rings is 1. The summed E-state index contributed by atoms with van der Waals surface area (Å²) in [7, 11) is 0. The number of benzene rings is 1. The van der Waals surface area contributed by atoms with Crippen LogP contribution in [0.25, 0.3) is 0 Å². The molecule has 2 heterocycles. The first kappa shape index (κ1) is 22.5. The maximum absolute atomic E-state index is 12.3. The molecule has 2 atom stereocenters. The summed E-state index contributed by atoms with van der Waals surface area (Å²) in [5.41, 5.74) is 2.16. The van der Waals surface area contributed by atoms with Crippen molar-refractivity contribution in [3.63, 3.8) is 0 Å². The van der Waals surface area contributed by atoms with Crippen molar-refractivity contribution < 1.29 is 27.9 Å². The Bertz CT molecular complexity index is 661. The number of halogens is 3. The van der Waals surface area contributed by atoms with Crippen molar-refractivity contribution in [2.75, 3.05) is 18.8 Å². The molecule has 28 heavy (non-hydrogen) atoms. The van der Waals surface area contributed by atoms with Gasteiger partial charge in [-0.05, 0) is 56.0 Å². The highest BCUT2D eigenvalue weighted by Gasteiger charge is 2.38. The third kappa shape index (κ3) is 7.01. The number of hydrogen-bond acceptors (Lipinski definition) is 4. The number of carboxylic acid groups (broad SMARTS) is 1. The number of carboxylic acids is 1. The van der Waals surface area contributed by atoms with Crippen LogP contribution < -0.4 is 10.6 Å². The normalized spacial score (nSPS) is 22.9. The molecule has 0 aromatic heterocycles. The lowest BCUT2D eigenvalue weighted by atomic mass is 9.90. The Kier molecular flexibility index (Phi) is 8.18. The highest BCUT2D eigenvalue weighted by molar-refractivity contribution is 8.00. The smallest absolute Gasteiger partial charge is 0.475 e. The summed E-state index contributed by atoms with van der Waals surface area (Å²) in [4.78, 5) is 21.2. The van der Waals surface area contributed by atoms with Gasteiger partial charge in [0.1, 0.15) is 0 Å². The van der Waals surface area contributed by atoms with Crippen LogP contribution in [0.2, 0.25) is 0 Å². The summed E-state index contributed by atoms with van der Waals surface area (Å²) in [6, 6.07) is 8.58. The largest absolute Gasteiger partial charge is 0.490 e. The molecule has 1 aromatic rings. The molecule has 2 unspecified atom stereocenters. The fourth-order valence-corrected chi connectivity index (χ4v) is 4.40. The first-order valence-corrected chi connectivity index (χ1v) is 10.2. The number of alkyl halides is 3. The molecule has 2 fully saturated rings. The number of thioether (sulfide) groups is 1. The van der Waals surface area contributed by atoms with E-state index in [1.807, 2.05) is 23.9 Å². The second-order valence-electron chi connectivity index (χ2n) is 7.00. The molecular weight excluding hydrogens is 393 g/mol. The average Bonchev–Trinajstić information content (AvgIpc) is 3.07. The molecule has 0 saturated carbocycles. The van der Waals surface area contributed by atoms with Gasteiger partial charge in [0.15, 0.2) is 0 Å². The van der Waals surface area contributed by atoms with Gasteiger partial charge in [-0.2, -0.15) is 24.9 Å². The number of carbonyl (C=O) groups is 2. The Labute approximate surface area is 166 Å². The van der Waals surface area contributed by atoms with E-state index in [2.05, 4.69) is 29.7 Å². The molecule has 9 heteroatoms. The van der Waals surface area contributed by atoms with Gasteiger partial charge in [-0.3, -0.25) is 4.79 Å². The van der Waals surface area contributed by atoms with E-state index >= 15 is 0 Å². The van der Waals surface area contributed by atoms with Crippen molar-refractivity contribution in [1.82, 2.24) is 10.6 Å². The van der Waals surface area contributed by atoms with E-state index in [1.54, 1.807) is 0 Å². The van der Waals surface area contributed by atoms with E-state index in [0.29, 0.717) is 17.2 Å². The number of hydrogen-bond donors (Lipinski definition) is 3. The zero-order chi connectivity index (χ0) is 20.7. The Hall–Kier alpha value is -1.74. The quantitative estimate of drug-likeness (QED) is 0.701. The van der Waals surface area contributed by atoms with Crippen LogP contribution >= 0.6 is 11.8 Å². The Morgan fingerprint density at radius 1 is 1.18 bits per heavy atom. The molecule has 1 amide bonds. The molecule has 3 N–H and O–H groups in total. The van der Waals surface area contributed by atoms with Crippen LogP contribution in [-0.4, -0.2) is 53.3 Å². The molecule has 0 radical (unpaired) electrons. The van der Waals surface area contributed by atoms with Gasteiger partial charge >= 0.3 is 12.1 Å². The van der Waals surface area contributed by atoms with E-state index in [0.717, 1.165) is 30.8 Å². The lowest BCUT2D eigenvalue weighted by Crippen LogP contribution is -2.34. The predicted molar refractivity (Wildman–Crippen MR) is 103 cm³/mol. The summed E-state index contributed by atoms with van der Waals surface area (Å²) in [6.07, 6.45) is -1.60. The maximum atomic E-state index is 12.3. The topological polar surface area (TPSA) is 78.4 Å². The molecule has 5 nitrogen and oxygen atoms in total. The predicted octanol–water partition coefficient (Wildman–Crippen LogP) is 3.41. The van der Waals surface area contributed by atoms with E-state index in [4.69, 9.17) is 9.90 Å². The third-order valence-electron chi connectivity index (χ3n) is 4.76. The molecule has 2 saturated heterocycles. The molecule has 3 rings (SSSR count). The first-order valence-electron chi connectivity index (χ1n) is 9.20. The van der Waals surface area contributed by atoms with Gasteiger partial charge in [-0.15, -0.1) is 0 Å². The number of carbonyl (C=O) groups excluding carboxylic acids is 1. The van der Waals surface area contributed by atoms with Gasteiger partial charge in [0, 0.05) is 22.6 Å². The van der Waals surface area contributed by atoms with E-state index in [-0.39, 0.29) is 5.91 Å². The zero-order valence-corrected chi connectivity index (χ0v) is 16.4. The SMILES string of the molecule is CC1CC(NC(=O)c2ccc(C3CCNCC3)cc2)CS1.O=C(O)C(F)(F)F. The molecular formula is C19H25F3N2O3S. The second kappa shape index (κ2) is 10.2. The summed E-state index contributed by atoms with van der Waals surface area (Å²) in [5.74, 6) is -0.991. The van der Waals surface area contributed by atoms with Crippen molar-refractivity contribution >= 4 is 23.6 Å². The van der Waals surface area contributed by atoms with Crippen LogP contribution in [0, 0.1) is 0 Å². The Morgan fingerprint density at radius 3 is 2.21 bits per heavy atom. The second-order valence-corrected chi connectivity index (χ2v) is 8.47. The monoisotopic (exact) mass is 418 g/mol. The van der Waals surface area contributed by atoms with E-state index < -0.39 is 12.1 Å². The minimum atomic E-state index is -5.08. The maximum Gasteiger partial charge on any atom is 0.490 e. The van der Waals surface area contributed by atoms with Gasteiger partial charge in [-0.25, -0.2) is 4.79 Å². The summed E-state index contributed by atoms with van der Waals surface area (Å²) < 4.78 is 31.7. The first-order chi connectivity index (χ1) is 13.2. The van der Waals surface area contributed by atoms with Gasteiger partial charge in [0.2, 0.25) is 0 Å². The van der Waals surface area contributed by atoms with Gasteiger partial charge in [0.05, 0.1) is 0 Å². The third-order valence-corrected chi connectivity index (χ3v) is 6.12. The van der Waals surface area contributed by atoms with Crippen molar-refractivity contribution in [2.24, 2.45) is 0 Å². The zero-order valence-electron chi connectivity index (χ0n) is 15.6. The van der Waals surface area contributed by atoms with Crippen molar-refractivity contribution in [3.8, 4) is 0 Å². The molecule has 0 spiro atoms. The fourth-order valence-electron chi connectivity index (χ4n) is 3.25. The molecule has 1 aromatic carbocycles.